The van der Waals surface area contributed by atoms with Crippen molar-refractivity contribution in [1.29, 1.82) is 0 Å². The number of nitrogens with one attached hydrogen (secondary N) is 1. The van der Waals surface area contributed by atoms with Crippen molar-refractivity contribution < 1.29 is 28.1 Å². The summed E-state index contributed by atoms with van der Waals surface area (Å²) >= 11 is 0. The summed E-state index contributed by atoms with van der Waals surface area (Å²) in [6.07, 6.45) is -7.25. The number of hydrogen-bond donors (Lipinski definition) is 3. The highest BCUT2D eigenvalue weighted by atomic mass is 19.4. The van der Waals surface area contributed by atoms with Crippen LogP contribution in [0.1, 0.15) is 19.4 Å². The van der Waals surface area contributed by atoms with Crippen molar-refractivity contribution in [1.82, 2.24) is 5.32 Å². The molecule has 0 aliphatic carbocycles. The number of alkyl halides is 3. The van der Waals surface area contributed by atoms with E-state index in [-0.39, 0.29) is 5.75 Å². The topological polar surface area (TPSA) is 61.7 Å². The van der Waals surface area contributed by atoms with Crippen molar-refractivity contribution in [3.63, 3.8) is 0 Å². The van der Waals surface area contributed by atoms with Gasteiger partial charge in [-0.1, -0.05) is 12.1 Å². The van der Waals surface area contributed by atoms with Gasteiger partial charge in [0.25, 0.3) is 0 Å². The molecule has 114 valence electrons. The second-order valence-corrected chi connectivity index (χ2v) is 4.72. The van der Waals surface area contributed by atoms with Crippen molar-refractivity contribution >= 4 is 0 Å². The summed E-state index contributed by atoms with van der Waals surface area (Å²) < 4.78 is 44.6. The standard InChI is InChI=1S/C13H18F3NO3/c1-8(2)17-11(18)12(19,13(14,15)16)9-5-4-6-10(7-9)20-3/h4-8,11,17-19H,1-3H3. The Morgan fingerprint density at radius 1 is 1.25 bits per heavy atom. The van der Waals surface area contributed by atoms with E-state index in [1.807, 2.05) is 0 Å². The molecule has 0 aromatic heterocycles. The average molecular weight is 293 g/mol. The minimum Gasteiger partial charge on any atom is -0.497 e. The van der Waals surface area contributed by atoms with Crippen molar-refractivity contribution in [3.8, 4) is 5.75 Å². The maximum atomic E-state index is 13.2. The molecule has 0 saturated heterocycles. The number of aliphatic hydroxyl groups excluding tert-OH is 1. The van der Waals surface area contributed by atoms with Crippen molar-refractivity contribution in [2.45, 2.75) is 37.9 Å². The van der Waals surface area contributed by atoms with Gasteiger partial charge in [0.15, 0.2) is 0 Å². The fourth-order valence-corrected chi connectivity index (χ4v) is 1.77. The Bertz CT molecular complexity index is 451. The van der Waals surface area contributed by atoms with Crippen LogP contribution in [0.25, 0.3) is 0 Å². The van der Waals surface area contributed by atoms with E-state index in [2.05, 4.69) is 5.32 Å². The van der Waals surface area contributed by atoms with Crippen LogP contribution in [-0.4, -0.2) is 35.8 Å². The van der Waals surface area contributed by atoms with Crippen LogP contribution in [-0.2, 0) is 5.60 Å². The molecule has 0 aliphatic rings. The highest BCUT2D eigenvalue weighted by molar-refractivity contribution is 5.34. The lowest BCUT2D eigenvalue weighted by atomic mass is 9.90. The Labute approximate surface area is 115 Å². The summed E-state index contributed by atoms with van der Waals surface area (Å²) in [5, 5.41) is 22.1. The molecule has 1 aromatic rings. The first-order chi connectivity index (χ1) is 9.12. The van der Waals surface area contributed by atoms with Crippen LogP contribution in [0.15, 0.2) is 24.3 Å². The molecule has 3 N–H and O–H groups in total. The normalized spacial score (nSPS) is 16.9. The molecule has 2 unspecified atom stereocenters. The lowest BCUT2D eigenvalue weighted by Gasteiger charge is -2.36. The zero-order chi connectivity index (χ0) is 15.6. The Morgan fingerprint density at radius 3 is 2.30 bits per heavy atom. The van der Waals surface area contributed by atoms with Crippen molar-refractivity contribution in [2.24, 2.45) is 0 Å². The van der Waals surface area contributed by atoms with Gasteiger partial charge >= 0.3 is 6.18 Å². The zero-order valence-corrected chi connectivity index (χ0v) is 11.4. The number of aliphatic hydroxyl groups is 2. The fraction of sp³-hybridized carbons (Fsp3) is 0.538. The van der Waals surface area contributed by atoms with Crippen LogP contribution < -0.4 is 10.1 Å². The number of benzene rings is 1. The fourth-order valence-electron chi connectivity index (χ4n) is 1.77. The first-order valence-electron chi connectivity index (χ1n) is 6.00. The number of halogens is 3. The highest BCUT2D eigenvalue weighted by Gasteiger charge is 2.60. The molecule has 0 spiro atoms. The average Bonchev–Trinajstić information content (AvgIpc) is 2.35. The summed E-state index contributed by atoms with van der Waals surface area (Å²) in [6.45, 7) is 3.12. The Morgan fingerprint density at radius 2 is 1.85 bits per heavy atom. The van der Waals surface area contributed by atoms with Crippen LogP contribution in [0.3, 0.4) is 0 Å². The highest BCUT2D eigenvalue weighted by Crippen LogP contribution is 2.41. The first-order valence-corrected chi connectivity index (χ1v) is 6.00. The van der Waals surface area contributed by atoms with Crippen LogP contribution in [0.5, 0.6) is 5.75 Å². The van der Waals surface area contributed by atoms with Crippen molar-refractivity contribution in [2.75, 3.05) is 7.11 Å². The van der Waals surface area contributed by atoms with Crippen LogP contribution >= 0.6 is 0 Å². The molecule has 0 amide bonds. The SMILES string of the molecule is COc1cccc(C(O)(C(O)NC(C)C)C(F)(F)F)c1. The third-order valence-electron chi connectivity index (χ3n) is 2.83. The lowest BCUT2D eigenvalue weighted by Crippen LogP contribution is -2.58. The van der Waals surface area contributed by atoms with Gasteiger partial charge in [-0.05, 0) is 26.0 Å². The first kappa shape index (κ1) is 16.7. The van der Waals surface area contributed by atoms with E-state index in [1.54, 1.807) is 13.8 Å². The Balaban J connectivity index is 3.30. The van der Waals surface area contributed by atoms with Crippen molar-refractivity contribution in [3.05, 3.63) is 29.8 Å². The Kier molecular flexibility index (Phi) is 5.01. The molecule has 4 nitrogen and oxygen atoms in total. The van der Waals surface area contributed by atoms with Gasteiger partial charge in [-0.2, -0.15) is 13.2 Å². The maximum absolute atomic E-state index is 13.2. The molecular formula is C13H18F3NO3. The smallest absolute Gasteiger partial charge is 0.425 e. The molecule has 0 aliphatic heterocycles. The lowest BCUT2D eigenvalue weighted by molar-refractivity contribution is -0.302. The van der Waals surface area contributed by atoms with E-state index in [1.165, 1.54) is 19.2 Å². The molecule has 7 heteroatoms. The summed E-state index contributed by atoms with van der Waals surface area (Å²) in [5.74, 6) is 0.155. The molecule has 1 rings (SSSR count). The molecule has 0 radical (unpaired) electrons. The number of ether oxygens (including phenoxy) is 1. The van der Waals surface area contributed by atoms with E-state index >= 15 is 0 Å². The third kappa shape index (κ3) is 3.23. The summed E-state index contributed by atoms with van der Waals surface area (Å²) in [5.41, 5.74) is -3.92. The summed E-state index contributed by atoms with van der Waals surface area (Å²) in [7, 11) is 1.30. The van der Waals surface area contributed by atoms with Gasteiger partial charge in [-0.15, -0.1) is 0 Å². The number of rotatable bonds is 5. The van der Waals surface area contributed by atoms with E-state index in [0.717, 1.165) is 12.1 Å². The van der Waals surface area contributed by atoms with E-state index in [9.17, 15) is 23.4 Å². The monoisotopic (exact) mass is 293 g/mol. The molecule has 0 fully saturated rings. The quantitative estimate of drug-likeness (QED) is 0.724. The second kappa shape index (κ2) is 5.99. The number of hydrogen-bond acceptors (Lipinski definition) is 4. The second-order valence-electron chi connectivity index (χ2n) is 4.72. The van der Waals surface area contributed by atoms with E-state index in [4.69, 9.17) is 4.74 Å². The molecule has 2 atom stereocenters. The molecule has 0 heterocycles. The largest absolute Gasteiger partial charge is 0.497 e. The summed E-state index contributed by atoms with van der Waals surface area (Å²) in [4.78, 5) is 0. The number of methoxy groups -OCH3 is 1. The van der Waals surface area contributed by atoms with Crippen LogP contribution in [0.2, 0.25) is 0 Å². The van der Waals surface area contributed by atoms with Gasteiger partial charge in [0, 0.05) is 11.6 Å². The third-order valence-corrected chi connectivity index (χ3v) is 2.83. The molecule has 0 saturated carbocycles. The zero-order valence-electron chi connectivity index (χ0n) is 11.4. The van der Waals surface area contributed by atoms with Gasteiger partial charge in [0.1, 0.15) is 12.0 Å². The predicted molar refractivity (Wildman–Crippen MR) is 67.2 cm³/mol. The van der Waals surface area contributed by atoms with Gasteiger partial charge in [-0.3, -0.25) is 5.32 Å². The van der Waals surface area contributed by atoms with Gasteiger partial charge in [0.05, 0.1) is 7.11 Å². The molecular weight excluding hydrogens is 275 g/mol. The minimum atomic E-state index is -5.05. The van der Waals surface area contributed by atoms with E-state index in [0.29, 0.717) is 0 Å². The van der Waals surface area contributed by atoms with E-state index < -0.39 is 29.6 Å². The van der Waals surface area contributed by atoms with Crippen LogP contribution in [0.4, 0.5) is 13.2 Å². The molecule has 20 heavy (non-hydrogen) atoms. The molecule has 1 aromatic carbocycles. The van der Waals surface area contributed by atoms with Gasteiger partial charge in [0.2, 0.25) is 5.60 Å². The van der Waals surface area contributed by atoms with Gasteiger partial charge in [-0.25, -0.2) is 0 Å². The van der Waals surface area contributed by atoms with Crippen LogP contribution in [0, 0.1) is 0 Å². The Hall–Kier alpha value is -1.31. The predicted octanol–water partition coefficient (Wildman–Crippen LogP) is 1.76. The molecule has 0 bridgehead atoms. The minimum absolute atomic E-state index is 0.155. The summed E-state index contributed by atoms with van der Waals surface area (Å²) in [6, 6.07) is 4.44. The maximum Gasteiger partial charge on any atom is 0.425 e. The van der Waals surface area contributed by atoms with Gasteiger partial charge < -0.3 is 14.9 Å².